The van der Waals surface area contributed by atoms with Gasteiger partial charge >= 0.3 is 0 Å². The van der Waals surface area contributed by atoms with Gasteiger partial charge in [0.05, 0.1) is 19.1 Å². The van der Waals surface area contributed by atoms with E-state index in [1.54, 1.807) is 28.1 Å². The summed E-state index contributed by atoms with van der Waals surface area (Å²) in [6, 6.07) is 6.33. The molecule has 0 saturated carbocycles. The second-order valence-electron chi connectivity index (χ2n) is 6.38. The van der Waals surface area contributed by atoms with E-state index in [2.05, 4.69) is 0 Å². The zero-order chi connectivity index (χ0) is 18.7. The van der Waals surface area contributed by atoms with Gasteiger partial charge in [-0.3, -0.25) is 9.59 Å². The molecule has 1 aromatic heterocycles. The SMILES string of the molecule is COc1ccc(CC(=O)N2CCN(C(=O)c3ccn(C)c3)CC2)cc1F. The predicted molar refractivity (Wildman–Crippen MR) is 94.6 cm³/mol. The molecule has 2 heterocycles. The average molecular weight is 359 g/mol. The van der Waals surface area contributed by atoms with Crippen LogP contribution in [0.25, 0.3) is 0 Å². The minimum Gasteiger partial charge on any atom is -0.494 e. The summed E-state index contributed by atoms with van der Waals surface area (Å²) >= 11 is 0. The van der Waals surface area contributed by atoms with Gasteiger partial charge in [0.25, 0.3) is 5.91 Å². The number of nitrogens with zero attached hydrogens (tertiary/aromatic N) is 3. The Bertz CT molecular complexity index is 810. The first-order chi connectivity index (χ1) is 12.5. The van der Waals surface area contributed by atoms with E-state index in [-0.39, 0.29) is 24.0 Å². The molecule has 26 heavy (non-hydrogen) atoms. The fourth-order valence-corrected chi connectivity index (χ4v) is 3.08. The highest BCUT2D eigenvalue weighted by atomic mass is 19.1. The molecule has 3 rings (SSSR count). The van der Waals surface area contributed by atoms with Gasteiger partial charge < -0.3 is 19.1 Å². The van der Waals surface area contributed by atoms with Crippen LogP contribution in [0.1, 0.15) is 15.9 Å². The Morgan fingerprint density at radius 1 is 1.12 bits per heavy atom. The molecule has 1 saturated heterocycles. The quantitative estimate of drug-likeness (QED) is 0.835. The maximum Gasteiger partial charge on any atom is 0.255 e. The van der Waals surface area contributed by atoms with Crippen LogP contribution in [-0.4, -0.2) is 59.5 Å². The first kappa shape index (κ1) is 18.0. The number of piperazine rings is 1. The highest BCUT2D eigenvalue weighted by Crippen LogP contribution is 2.18. The van der Waals surface area contributed by atoms with Gasteiger partial charge in [-0.1, -0.05) is 6.07 Å². The van der Waals surface area contributed by atoms with E-state index in [9.17, 15) is 14.0 Å². The number of rotatable bonds is 4. The van der Waals surface area contributed by atoms with Gasteiger partial charge in [-0.15, -0.1) is 0 Å². The summed E-state index contributed by atoms with van der Waals surface area (Å²) in [5.41, 5.74) is 1.26. The first-order valence-electron chi connectivity index (χ1n) is 8.49. The molecule has 0 atom stereocenters. The smallest absolute Gasteiger partial charge is 0.255 e. The molecule has 0 aliphatic carbocycles. The van der Waals surface area contributed by atoms with Crippen molar-refractivity contribution < 1.29 is 18.7 Å². The predicted octanol–water partition coefficient (Wildman–Crippen LogP) is 1.70. The Morgan fingerprint density at radius 3 is 2.38 bits per heavy atom. The molecule has 0 bridgehead atoms. The monoisotopic (exact) mass is 359 g/mol. The number of aromatic nitrogens is 1. The van der Waals surface area contributed by atoms with E-state index < -0.39 is 5.82 Å². The summed E-state index contributed by atoms with van der Waals surface area (Å²) in [7, 11) is 3.27. The third-order valence-corrected chi connectivity index (χ3v) is 4.57. The van der Waals surface area contributed by atoms with Crippen LogP contribution in [0.15, 0.2) is 36.7 Å². The fourth-order valence-electron chi connectivity index (χ4n) is 3.08. The van der Waals surface area contributed by atoms with Gasteiger partial charge in [0.2, 0.25) is 5.91 Å². The molecular formula is C19H22FN3O3. The van der Waals surface area contributed by atoms with Gasteiger partial charge in [-0.05, 0) is 23.8 Å². The van der Waals surface area contributed by atoms with E-state index in [1.807, 2.05) is 17.8 Å². The zero-order valence-corrected chi connectivity index (χ0v) is 14.9. The fraction of sp³-hybridized carbons (Fsp3) is 0.368. The highest BCUT2D eigenvalue weighted by molar-refractivity contribution is 5.94. The van der Waals surface area contributed by atoms with Gasteiger partial charge in [0.1, 0.15) is 0 Å². The number of carbonyl (C=O) groups excluding carboxylic acids is 2. The minimum absolute atomic E-state index is 0.0186. The van der Waals surface area contributed by atoms with Crippen molar-refractivity contribution in [1.82, 2.24) is 14.4 Å². The molecule has 2 aromatic rings. The van der Waals surface area contributed by atoms with E-state index in [4.69, 9.17) is 4.74 Å². The summed E-state index contributed by atoms with van der Waals surface area (Å²) in [6.07, 6.45) is 3.76. The van der Waals surface area contributed by atoms with E-state index in [0.29, 0.717) is 37.3 Å². The van der Waals surface area contributed by atoms with Crippen molar-refractivity contribution in [3.63, 3.8) is 0 Å². The molecule has 2 amide bonds. The number of hydrogen-bond donors (Lipinski definition) is 0. The Balaban J connectivity index is 1.55. The molecule has 1 aromatic carbocycles. The first-order valence-corrected chi connectivity index (χ1v) is 8.49. The Hall–Kier alpha value is -2.83. The lowest BCUT2D eigenvalue weighted by atomic mass is 10.1. The number of amides is 2. The standard InChI is InChI=1S/C19H22FN3O3/c1-21-6-5-15(13-21)19(25)23-9-7-22(8-10-23)18(24)12-14-3-4-17(26-2)16(20)11-14/h3-6,11,13H,7-10,12H2,1-2H3. The van der Waals surface area contributed by atoms with Crippen molar-refractivity contribution in [3.05, 3.63) is 53.6 Å². The van der Waals surface area contributed by atoms with Crippen LogP contribution in [0.2, 0.25) is 0 Å². The second-order valence-corrected chi connectivity index (χ2v) is 6.38. The number of ether oxygens (including phenoxy) is 1. The molecular weight excluding hydrogens is 337 g/mol. The van der Waals surface area contributed by atoms with Crippen LogP contribution in [0.5, 0.6) is 5.75 Å². The average Bonchev–Trinajstić information content (AvgIpc) is 3.08. The van der Waals surface area contributed by atoms with Crippen molar-refractivity contribution >= 4 is 11.8 Å². The van der Waals surface area contributed by atoms with Crippen LogP contribution in [-0.2, 0) is 18.3 Å². The second kappa shape index (κ2) is 7.59. The normalized spacial score (nSPS) is 14.4. The molecule has 6 nitrogen and oxygen atoms in total. The van der Waals surface area contributed by atoms with E-state index in [0.717, 1.165) is 0 Å². The molecule has 138 valence electrons. The molecule has 0 spiro atoms. The maximum absolute atomic E-state index is 13.8. The lowest BCUT2D eigenvalue weighted by molar-refractivity contribution is -0.131. The lowest BCUT2D eigenvalue weighted by Gasteiger charge is -2.34. The molecule has 1 aliphatic heterocycles. The lowest BCUT2D eigenvalue weighted by Crippen LogP contribution is -2.50. The van der Waals surface area contributed by atoms with Crippen LogP contribution >= 0.6 is 0 Å². The maximum atomic E-state index is 13.8. The summed E-state index contributed by atoms with van der Waals surface area (Å²) in [5.74, 6) is -0.401. The van der Waals surface area contributed by atoms with E-state index in [1.165, 1.54) is 19.2 Å². The summed E-state index contributed by atoms with van der Waals surface area (Å²) < 4.78 is 20.5. The number of methoxy groups -OCH3 is 1. The molecule has 0 radical (unpaired) electrons. The Kier molecular flexibility index (Phi) is 5.25. The topological polar surface area (TPSA) is 54.8 Å². The van der Waals surface area contributed by atoms with Crippen LogP contribution in [0.4, 0.5) is 4.39 Å². The van der Waals surface area contributed by atoms with Gasteiger partial charge in [0.15, 0.2) is 11.6 Å². The van der Waals surface area contributed by atoms with Gasteiger partial charge in [-0.25, -0.2) is 4.39 Å². The number of carbonyl (C=O) groups is 2. The molecule has 1 aliphatic rings. The molecule has 0 unspecified atom stereocenters. The van der Waals surface area contributed by atoms with Crippen molar-refractivity contribution in [2.45, 2.75) is 6.42 Å². The number of halogens is 1. The summed E-state index contributed by atoms with van der Waals surface area (Å²) in [4.78, 5) is 28.4. The van der Waals surface area contributed by atoms with Crippen LogP contribution in [0.3, 0.4) is 0 Å². The van der Waals surface area contributed by atoms with Crippen molar-refractivity contribution in [1.29, 1.82) is 0 Å². The van der Waals surface area contributed by atoms with Gasteiger partial charge in [-0.2, -0.15) is 0 Å². The summed E-state index contributed by atoms with van der Waals surface area (Å²) in [6.45, 7) is 1.96. The summed E-state index contributed by atoms with van der Waals surface area (Å²) in [5, 5.41) is 0. The van der Waals surface area contributed by atoms with E-state index >= 15 is 0 Å². The van der Waals surface area contributed by atoms with Crippen LogP contribution in [0, 0.1) is 5.82 Å². The largest absolute Gasteiger partial charge is 0.494 e. The molecule has 7 heteroatoms. The minimum atomic E-state index is -0.476. The highest BCUT2D eigenvalue weighted by Gasteiger charge is 2.25. The third-order valence-electron chi connectivity index (χ3n) is 4.57. The number of aryl methyl sites for hydroxylation is 1. The van der Waals surface area contributed by atoms with Crippen molar-refractivity contribution in [2.24, 2.45) is 7.05 Å². The number of benzene rings is 1. The van der Waals surface area contributed by atoms with Crippen molar-refractivity contribution in [3.8, 4) is 5.75 Å². The Labute approximate surface area is 151 Å². The van der Waals surface area contributed by atoms with Crippen LogP contribution < -0.4 is 4.74 Å². The van der Waals surface area contributed by atoms with Gasteiger partial charge in [0, 0.05) is 45.6 Å². The zero-order valence-electron chi connectivity index (χ0n) is 14.9. The Morgan fingerprint density at radius 2 is 1.81 bits per heavy atom. The molecule has 0 N–H and O–H groups in total. The third kappa shape index (κ3) is 3.87. The number of hydrogen-bond acceptors (Lipinski definition) is 3. The van der Waals surface area contributed by atoms with Crippen molar-refractivity contribution in [2.75, 3.05) is 33.3 Å². The molecule has 1 fully saturated rings.